The van der Waals surface area contributed by atoms with E-state index in [4.69, 9.17) is 10.8 Å². The number of aryl methyl sites for hydroxylation is 1. The summed E-state index contributed by atoms with van der Waals surface area (Å²) >= 11 is 0. The van der Waals surface area contributed by atoms with Gasteiger partial charge in [0, 0.05) is 0 Å². The number of rotatable bonds is 4. The van der Waals surface area contributed by atoms with Crippen LogP contribution in [0.1, 0.15) is 18.1 Å². The first-order chi connectivity index (χ1) is 9.19. The van der Waals surface area contributed by atoms with Crippen LogP contribution in [0, 0.1) is 0 Å². The molecule has 0 amide bonds. The van der Waals surface area contributed by atoms with Crippen LogP contribution >= 0.6 is 0 Å². The van der Waals surface area contributed by atoms with Crippen LogP contribution in [0.2, 0.25) is 0 Å². The molecule has 0 aromatic heterocycles. The molecular weight excluding hydrogens is 234 g/mol. The van der Waals surface area contributed by atoms with E-state index in [2.05, 4.69) is 43.3 Å². The van der Waals surface area contributed by atoms with Gasteiger partial charge in [-0.1, -0.05) is 61.5 Å². The number of nitrogens with two attached hydrogens (primary N) is 1. The maximum atomic E-state index is 8.99. The summed E-state index contributed by atoms with van der Waals surface area (Å²) in [5, 5.41) is 8.99. The van der Waals surface area contributed by atoms with Crippen LogP contribution in [0.4, 0.5) is 0 Å². The average molecular weight is 253 g/mol. The Morgan fingerprint density at radius 3 is 2.00 bits per heavy atom. The molecule has 98 valence electrons. The van der Waals surface area contributed by atoms with Crippen molar-refractivity contribution in [1.82, 2.24) is 0 Å². The molecule has 1 unspecified atom stereocenters. The van der Waals surface area contributed by atoms with Crippen molar-refractivity contribution in [2.45, 2.75) is 19.6 Å². The van der Waals surface area contributed by atoms with Crippen LogP contribution in [-0.2, 0) is 6.42 Å². The smallest absolute Gasteiger partial charge is 0.121 e. The lowest BCUT2D eigenvalue weighted by molar-refractivity contribution is 0.232. The monoisotopic (exact) mass is 253 g/mol. The first-order valence-corrected chi connectivity index (χ1v) is 6.50. The van der Waals surface area contributed by atoms with Gasteiger partial charge in [-0.25, -0.2) is 0 Å². The summed E-state index contributed by atoms with van der Waals surface area (Å²) in [6, 6.07) is 16.8. The van der Waals surface area contributed by atoms with Crippen molar-refractivity contribution < 1.29 is 5.11 Å². The lowest BCUT2D eigenvalue weighted by Gasteiger charge is -2.04. The maximum Gasteiger partial charge on any atom is 0.121 e. The summed E-state index contributed by atoms with van der Waals surface area (Å²) in [5.74, 6) is 0. The van der Waals surface area contributed by atoms with Crippen LogP contribution in [0.25, 0.3) is 17.2 Å². The van der Waals surface area contributed by atoms with Gasteiger partial charge < -0.3 is 10.8 Å². The fourth-order valence-electron chi connectivity index (χ4n) is 1.93. The van der Waals surface area contributed by atoms with Gasteiger partial charge in [0.05, 0.1) is 0 Å². The predicted molar refractivity (Wildman–Crippen MR) is 80.5 cm³/mol. The lowest BCUT2D eigenvalue weighted by atomic mass is 10.0. The topological polar surface area (TPSA) is 46.2 Å². The molecule has 2 heteroatoms. The largest absolute Gasteiger partial charge is 0.375 e. The van der Waals surface area contributed by atoms with Crippen molar-refractivity contribution in [1.29, 1.82) is 0 Å². The summed E-state index contributed by atoms with van der Waals surface area (Å²) in [6.07, 6.45) is 3.53. The predicted octanol–water partition coefficient (Wildman–Crippen LogP) is 3.21. The van der Waals surface area contributed by atoms with E-state index in [-0.39, 0.29) is 0 Å². The van der Waals surface area contributed by atoms with Gasteiger partial charge in [0.25, 0.3) is 0 Å². The second kappa shape index (κ2) is 6.32. The normalized spacial score (nSPS) is 12.8. The summed E-state index contributed by atoms with van der Waals surface area (Å²) in [5.41, 5.74) is 10.0. The highest BCUT2D eigenvalue weighted by atomic mass is 16.3. The quantitative estimate of drug-likeness (QED) is 0.822. The van der Waals surface area contributed by atoms with E-state index < -0.39 is 6.23 Å². The van der Waals surface area contributed by atoms with Crippen molar-refractivity contribution >= 4 is 6.08 Å². The average Bonchev–Trinajstić information content (AvgIpc) is 2.46. The Bertz CT molecular complexity index is 538. The van der Waals surface area contributed by atoms with Crippen LogP contribution in [0.3, 0.4) is 0 Å². The van der Waals surface area contributed by atoms with Gasteiger partial charge in [0.2, 0.25) is 0 Å². The minimum Gasteiger partial charge on any atom is -0.375 e. The van der Waals surface area contributed by atoms with E-state index in [1.54, 1.807) is 6.08 Å². The summed E-state index contributed by atoms with van der Waals surface area (Å²) in [7, 11) is 0. The molecule has 19 heavy (non-hydrogen) atoms. The molecule has 0 radical (unpaired) electrons. The van der Waals surface area contributed by atoms with Crippen LogP contribution in [0.15, 0.2) is 54.6 Å². The Hall–Kier alpha value is -1.90. The second-order valence-corrected chi connectivity index (χ2v) is 4.52. The third-order valence-electron chi connectivity index (χ3n) is 3.09. The van der Waals surface area contributed by atoms with Crippen LogP contribution in [0.5, 0.6) is 0 Å². The highest BCUT2D eigenvalue weighted by Gasteiger charge is 1.97. The molecular formula is C17H19NO. The van der Waals surface area contributed by atoms with Gasteiger partial charge in [-0.3, -0.25) is 0 Å². The van der Waals surface area contributed by atoms with E-state index in [1.807, 2.05) is 18.2 Å². The van der Waals surface area contributed by atoms with Gasteiger partial charge in [0.15, 0.2) is 0 Å². The maximum absolute atomic E-state index is 8.99. The second-order valence-electron chi connectivity index (χ2n) is 4.52. The standard InChI is InChI=1S/C17H19NO/c1-2-13-3-8-15(9-4-13)16-10-5-14(6-11-16)7-12-17(18)19/h3-12,17,19H,2,18H2,1H3/b12-7+. The minimum absolute atomic E-state index is 0.902. The molecule has 0 saturated heterocycles. The van der Waals surface area contributed by atoms with E-state index in [9.17, 15) is 0 Å². The van der Waals surface area contributed by atoms with Gasteiger partial charge >= 0.3 is 0 Å². The van der Waals surface area contributed by atoms with Gasteiger partial charge in [-0.05, 0) is 34.8 Å². The Labute approximate surface area is 114 Å². The van der Waals surface area contributed by atoms with Crippen molar-refractivity contribution in [3.05, 3.63) is 65.7 Å². The van der Waals surface area contributed by atoms with E-state index in [1.165, 1.54) is 16.7 Å². The Balaban J connectivity index is 2.17. The molecule has 0 heterocycles. The van der Waals surface area contributed by atoms with Crippen molar-refractivity contribution in [3.8, 4) is 11.1 Å². The summed E-state index contributed by atoms with van der Waals surface area (Å²) in [6.45, 7) is 2.15. The number of hydrogen-bond donors (Lipinski definition) is 2. The fraction of sp³-hybridized carbons (Fsp3) is 0.176. The molecule has 2 nitrogen and oxygen atoms in total. The molecule has 2 rings (SSSR count). The van der Waals surface area contributed by atoms with Gasteiger partial charge in [-0.2, -0.15) is 0 Å². The first-order valence-electron chi connectivity index (χ1n) is 6.50. The zero-order valence-electron chi connectivity index (χ0n) is 11.1. The summed E-state index contributed by atoms with van der Waals surface area (Å²) < 4.78 is 0. The van der Waals surface area contributed by atoms with E-state index >= 15 is 0 Å². The molecule has 0 aliphatic rings. The molecule has 3 N–H and O–H groups in total. The van der Waals surface area contributed by atoms with Crippen LogP contribution in [-0.4, -0.2) is 11.3 Å². The molecule has 2 aromatic carbocycles. The zero-order valence-corrected chi connectivity index (χ0v) is 11.1. The molecule has 0 bridgehead atoms. The number of benzene rings is 2. The van der Waals surface area contributed by atoms with Gasteiger partial charge in [0.1, 0.15) is 6.23 Å². The Morgan fingerprint density at radius 1 is 1.00 bits per heavy atom. The lowest BCUT2D eigenvalue weighted by Crippen LogP contribution is -2.14. The highest BCUT2D eigenvalue weighted by Crippen LogP contribution is 2.21. The minimum atomic E-state index is -0.902. The SMILES string of the molecule is CCc1ccc(-c2ccc(/C=C/C(N)O)cc2)cc1. The van der Waals surface area contributed by atoms with E-state index in [0.717, 1.165) is 12.0 Å². The molecule has 0 saturated carbocycles. The zero-order chi connectivity index (χ0) is 13.7. The van der Waals surface area contributed by atoms with Crippen molar-refractivity contribution in [2.24, 2.45) is 5.73 Å². The fourth-order valence-corrected chi connectivity index (χ4v) is 1.93. The van der Waals surface area contributed by atoms with Crippen molar-refractivity contribution in [3.63, 3.8) is 0 Å². The van der Waals surface area contributed by atoms with Crippen LogP contribution < -0.4 is 5.73 Å². The van der Waals surface area contributed by atoms with Gasteiger partial charge in [-0.15, -0.1) is 0 Å². The molecule has 0 spiro atoms. The highest BCUT2D eigenvalue weighted by molar-refractivity contribution is 5.66. The third kappa shape index (κ3) is 3.78. The molecule has 1 atom stereocenters. The number of aliphatic hydroxyl groups excluding tert-OH is 1. The number of aliphatic hydroxyl groups is 1. The summed E-state index contributed by atoms with van der Waals surface area (Å²) in [4.78, 5) is 0. The Kier molecular flexibility index (Phi) is 4.50. The number of hydrogen-bond acceptors (Lipinski definition) is 2. The first kappa shape index (κ1) is 13.5. The Morgan fingerprint density at radius 2 is 1.53 bits per heavy atom. The molecule has 0 aliphatic carbocycles. The van der Waals surface area contributed by atoms with Crippen molar-refractivity contribution in [2.75, 3.05) is 0 Å². The molecule has 0 aliphatic heterocycles. The molecule has 0 fully saturated rings. The molecule has 2 aromatic rings. The van der Waals surface area contributed by atoms with E-state index in [0.29, 0.717) is 0 Å². The third-order valence-corrected chi connectivity index (χ3v) is 3.09.